The van der Waals surface area contributed by atoms with Crippen molar-refractivity contribution in [1.29, 1.82) is 0 Å². The fraction of sp³-hybridized carbons (Fsp3) is 0.538. The zero-order valence-electron chi connectivity index (χ0n) is 11.3. The smallest absolute Gasteiger partial charge is 0.407 e. The molecule has 1 rings (SSSR count). The fourth-order valence-corrected chi connectivity index (χ4v) is 1.47. The number of nitrogens with zero attached hydrogens (tertiary/aromatic N) is 2. The number of ether oxygens (including phenoxy) is 1. The third kappa shape index (κ3) is 5.03. The molecule has 18 heavy (non-hydrogen) atoms. The van der Waals surface area contributed by atoms with Crippen molar-refractivity contribution in [1.82, 2.24) is 14.9 Å². The lowest BCUT2D eigenvalue weighted by Crippen LogP contribution is -2.33. The largest absolute Gasteiger partial charge is 0.444 e. The molecule has 1 N–H and O–H groups in total. The molecule has 5 heteroatoms. The van der Waals surface area contributed by atoms with Crippen LogP contribution in [-0.2, 0) is 17.7 Å². The Kier molecular flexibility index (Phi) is 4.95. The number of nitrogens with one attached hydrogen (secondary N) is 1. The molecule has 0 aromatic carbocycles. The molecule has 0 spiro atoms. The van der Waals surface area contributed by atoms with E-state index in [1.54, 1.807) is 12.5 Å². The Balaban J connectivity index is 2.35. The van der Waals surface area contributed by atoms with Crippen LogP contribution in [0, 0.1) is 0 Å². The van der Waals surface area contributed by atoms with Crippen LogP contribution in [0.4, 0.5) is 4.79 Å². The second-order valence-corrected chi connectivity index (χ2v) is 5.00. The third-order valence-corrected chi connectivity index (χ3v) is 2.17. The average molecular weight is 251 g/mol. The summed E-state index contributed by atoms with van der Waals surface area (Å²) in [4.78, 5) is 15.5. The first kappa shape index (κ1) is 14.3. The fourth-order valence-electron chi connectivity index (χ4n) is 1.47. The summed E-state index contributed by atoms with van der Waals surface area (Å²) in [6.45, 7) is 10.5. The summed E-state index contributed by atoms with van der Waals surface area (Å²) in [6, 6.07) is 0. The van der Waals surface area contributed by atoms with Crippen molar-refractivity contribution in [2.75, 3.05) is 6.54 Å². The quantitative estimate of drug-likeness (QED) is 0.816. The van der Waals surface area contributed by atoms with Crippen molar-refractivity contribution < 1.29 is 9.53 Å². The molecule has 0 aliphatic heterocycles. The maximum Gasteiger partial charge on any atom is 0.407 e. The Bertz CT molecular complexity index is 405. The van der Waals surface area contributed by atoms with E-state index in [-0.39, 0.29) is 0 Å². The predicted octanol–water partition coefficient (Wildman–Crippen LogP) is 2.14. The highest BCUT2D eigenvalue weighted by molar-refractivity contribution is 5.67. The van der Waals surface area contributed by atoms with Gasteiger partial charge in [-0.05, 0) is 20.8 Å². The lowest BCUT2D eigenvalue weighted by Gasteiger charge is -2.19. The van der Waals surface area contributed by atoms with Gasteiger partial charge in [-0.25, -0.2) is 9.78 Å². The van der Waals surface area contributed by atoms with Crippen LogP contribution in [0.1, 0.15) is 26.5 Å². The van der Waals surface area contributed by atoms with Gasteiger partial charge in [0, 0.05) is 31.4 Å². The number of imidazole rings is 1. The molecule has 5 nitrogen and oxygen atoms in total. The zero-order valence-corrected chi connectivity index (χ0v) is 11.3. The minimum Gasteiger partial charge on any atom is -0.444 e. The first-order valence-corrected chi connectivity index (χ1v) is 5.99. The van der Waals surface area contributed by atoms with Gasteiger partial charge in [-0.2, -0.15) is 0 Å². The normalized spacial score (nSPS) is 11.1. The minimum absolute atomic E-state index is 0.391. The monoisotopic (exact) mass is 251 g/mol. The van der Waals surface area contributed by atoms with Crippen LogP contribution >= 0.6 is 0 Å². The number of carbonyl (C=O) groups is 1. The van der Waals surface area contributed by atoms with E-state index in [2.05, 4.69) is 16.9 Å². The first-order valence-electron chi connectivity index (χ1n) is 5.99. The summed E-state index contributed by atoms with van der Waals surface area (Å²) in [5, 5.41) is 2.72. The summed E-state index contributed by atoms with van der Waals surface area (Å²) in [6.07, 6.45) is 5.68. The van der Waals surface area contributed by atoms with Crippen molar-refractivity contribution in [3.63, 3.8) is 0 Å². The summed E-state index contributed by atoms with van der Waals surface area (Å²) < 4.78 is 7.14. The Morgan fingerprint density at radius 3 is 2.94 bits per heavy atom. The van der Waals surface area contributed by atoms with Gasteiger partial charge in [-0.1, -0.05) is 6.08 Å². The van der Waals surface area contributed by atoms with Crippen LogP contribution in [0.15, 0.2) is 25.2 Å². The Morgan fingerprint density at radius 1 is 1.61 bits per heavy atom. The summed E-state index contributed by atoms with van der Waals surface area (Å²) in [5.74, 6) is 0. The van der Waals surface area contributed by atoms with Crippen LogP contribution in [0.3, 0.4) is 0 Å². The molecule has 1 heterocycles. The molecule has 1 aromatic rings. The molecule has 1 amide bonds. The topological polar surface area (TPSA) is 56.2 Å². The van der Waals surface area contributed by atoms with E-state index in [0.717, 1.165) is 12.2 Å². The minimum atomic E-state index is -0.464. The van der Waals surface area contributed by atoms with Crippen molar-refractivity contribution in [2.45, 2.75) is 39.3 Å². The highest BCUT2D eigenvalue weighted by atomic mass is 16.6. The average Bonchev–Trinajstić information content (AvgIpc) is 2.64. The van der Waals surface area contributed by atoms with Gasteiger partial charge in [0.15, 0.2) is 0 Å². The van der Waals surface area contributed by atoms with E-state index in [4.69, 9.17) is 4.74 Å². The van der Waals surface area contributed by atoms with Gasteiger partial charge >= 0.3 is 6.09 Å². The maximum absolute atomic E-state index is 11.4. The highest BCUT2D eigenvalue weighted by Gasteiger charge is 2.15. The summed E-state index contributed by atoms with van der Waals surface area (Å²) in [5.41, 5.74) is 0.597. The molecule has 100 valence electrons. The maximum atomic E-state index is 11.4. The van der Waals surface area contributed by atoms with Gasteiger partial charge in [0.2, 0.25) is 0 Å². The van der Waals surface area contributed by atoms with E-state index in [1.165, 1.54) is 0 Å². The molecule has 0 saturated carbocycles. The number of rotatable bonds is 5. The van der Waals surface area contributed by atoms with E-state index in [9.17, 15) is 4.79 Å². The third-order valence-electron chi connectivity index (χ3n) is 2.17. The Morgan fingerprint density at radius 2 is 2.33 bits per heavy atom. The number of hydrogen-bond acceptors (Lipinski definition) is 3. The van der Waals surface area contributed by atoms with Crippen molar-refractivity contribution in [2.24, 2.45) is 0 Å². The molecule has 0 fully saturated rings. The van der Waals surface area contributed by atoms with E-state index >= 15 is 0 Å². The van der Waals surface area contributed by atoms with Gasteiger partial charge in [0.25, 0.3) is 0 Å². The van der Waals surface area contributed by atoms with E-state index in [1.807, 2.05) is 31.4 Å². The van der Waals surface area contributed by atoms with Crippen LogP contribution in [0.5, 0.6) is 0 Å². The highest BCUT2D eigenvalue weighted by Crippen LogP contribution is 2.06. The predicted molar refractivity (Wildman–Crippen MR) is 70.4 cm³/mol. The summed E-state index contributed by atoms with van der Waals surface area (Å²) in [7, 11) is 0. The first-order chi connectivity index (χ1) is 8.42. The Labute approximate surface area is 108 Å². The number of amides is 1. The number of hydrogen-bond donors (Lipinski definition) is 1. The van der Waals surface area contributed by atoms with Gasteiger partial charge in [-0.15, -0.1) is 6.58 Å². The summed E-state index contributed by atoms with van der Waals surface area (Å²) >= 11 is 0. The van der Waals surface area contributed by atoms with Crippen molar-refractivity contribution >= 4 is 6.09 Å². The molecule has 0 bridgehead atoms. The van der Waals surface area contributed by atoms with Gasteiger partial charge in [0.1, 0.15) is 5.60 Å². The number of alkyl carbamates (subject to hydrolysis) is 1. The van der Waals surface area contributed by atoms with Crippen LogP contribution in [0.25, 0.3) is 0 Å². The number of carbonyl (C=O) groups excluding carboxylic acids is 1. The van der Waals surface area contributed by atoms with Crippen LogP contribution in [0.2, 0.25) is 0 Å². The second-order valence-electron chi connectivity index (χ2n) is 5.00. The van der Waals surface area contributed by atoms with Gasteiger partial charge in [0.05, 0.1) is 6.33 Å². The lowest BCUT2D eigenvalue weighted by atomic mass is 10.2. The standard InChI is InChI=1S/C13H21N3O2/c1-5-8-16-10-14-9-11(16)6-7-15-12(17)18-13(2,3)4/h5,9-10H,1,6-8H2,2-4H3,(H,15,17). The SMILES string of the molecule is C=CCn1cncc1CCNC(=O)OC(C)(C)C. The molecular weight excluding hydrogens is 230 g/mol. The molecule has 0 radical (unpaired) electrons. The van der Waals surface area contributed by atoms with Crippen molar-refractivity contribution in [3.8, 4) is 0 Å². The molecular formula is C13H21N3O2. The molecule has 0 aliphatic rings. The van der Waals surface area contributed by atoms with E-state index in [0.29, 0.717) is 13.0 Å². The number of aromatic nitrogens is 2. The van der Waals surface area contributed by atoms with Crippen molar-refractivity contribution in [3.05, 3.63) is 30.9 Å². The molecule has 0 atom stereocenters. The molecule has 0 unspecified atom stereocenters. The van der Waals surface area contributed by atoms with Gasteiger partial charge in [-0.3, -0.25) is 0 Å². The Hall–Kier alpha value is -1.78. The van der Waals surface area contributed by atoms with Crippen LogP contribution in [-0.4, -0.2) is 27.8 Å². The molecule has 0 aliphatic carbocycles. The zero-order chi connectivity index (χ0) is 13.6. The van der Waals surface area contributed by atoms with Crippen LogP contribution < -0.4 is 5.32 Å². The number of allylic oxidation sites excluding steroid dienone is 1. The van der Waals surface area contributed by atoms with Gasteiger partial charge < -0.3 is 14.6 Å². The molecule has 1 aromatic heterocycles. The van der Waals surface area contributed by atoms with E-state index < -0.39 is 11.7 Å². The molecule has 0 saturated heterocycles. The lowest BCUT2D eigenvalue weighted by molar-refractivity contribution is 0.0528. The second kappa shape index (κ2) is 6.23.